The van der Waals surface area contributed by atoms with Crippen LogP contribution in [0.3, 0.4) is 0 Å². The summed E-state index contributed by atoms with van der Waals surface area (Å²) in [6.45, 7) is 4.17. The number of hydrogen-bond donors (Lipinski definition) is 2. The third-order valence-corrected chi connectivity index (χ3v) is 4.70. The van der Waals surface area contributed by atoms with Gasteiger partial charge in [0, 0.05) is 19.7 Å². The van der Waals surface area contributed by atoms with Crippen LogP contribution in [0.15, 0.2) is 48.5 Å². The van der Waals surface area contributed by atoms with Gasteiger partial charge in [-0.2, -0.15) is 0 Å². The van der Waals surface area contributed by atoms with Crippen molar-refractivity contribution in [2.45, 2.75) is 19.1 Å². The van der Waals surface area contributed by atoms with Crippen LogP contribution in [0.1, 0.15) is 6.92 Å². The molecule has 1 saturated heterocycles. The zero-order valence-corrected chi connectivity index (χ0v) is 16.1. The Hall–Kier alpha value is -2.57. The van der Waals surface area contributed by atoms with Gasteiger partial charge in [-0.05, 0) is 37.2 Å². The Morgan fingerprint density at radius 2 is 1.93 bits per heavy atom. The van der Waals surface area contributed by atoms with Crippen LogP contribution < -0.4 is 15.4 Å². The van der Waals surface area contributed by atoms with Gasteiger partial charge in [0.2, 0.25) is 0 Å². The number of nitrogens with one attached hydrogen (secondary N) is 2. The van der Waals surface area contributed by atoms with Gasteiger partial charge in [0.25, 0.3) is 0 Å². The average molecular weight is 369 g/mol. The van der Waals surface area contributed by atoms with Gasteiger partial charge in [0.05, 0.1) is 24.9 Å². The van der Waals surface area contributed by atoms with Gasteiger partial charge < -0.3 is 25.0 Å². The summed E-state index contributed by atoms with van der Waals surface area (Å²) in [5, 5.41) is 5.96. The van der Waals surface area contributed by atoms with Gasteiger partial charge in [0.1, 0.15) is 5.75 Å². The molecule has 1 fully saturated rings. The monoisotopic (exact) mass is 369 g/mol. The molecule has 2 aromatic carbocycles. The van der Waals surface area contributed by atoms with Crippen molar-refractivity contribution in [3.8, 4) is 16.9 Å². The van der Waals surface area contributed by atoms with E-state index in [-0.39, 0.29) is 18.2 Å². The standard InChI is InChI=1S/C21H27N3O3/c1-4-27-20-14-24(2)13-18(20)23-21(25)22-17-12-16(10-11-19(17)26-3)15-8-6-5-7-9-15/h5-12,18,20H,4,13-14H2,1-3H3,(H2,22,23,25)/t18-,20-/m1/s1. The quantitative estimate of drug-likeness (QED) is 0.821. The minimum Gasteiger partial charge on any atom is -0.495 e. The van der Waals surface area contributed by atoms with Crippen molar-refractivity contribution in [1.82, 2.24) is 10.2 Å². The molecule has 6 nitrogen and oxygen atoms in total. The maximum Gasteiger partial charge on any atom is 0.319 e. The molecule has 2 atom stereocenters. The molecule has 0 unspecified atom stereocenters. The van der Waals surface area contributed by atoms with Crippen molar-refractivity contribution in [2.24, 2.45) is 0 Å². The molecule has 1 aliphatic rings. The molecular formula is C21H27N3O3. The first-order chi connectivity index (χ1) is 13.1. The Labute approximate surface area is 160 Å². The molecule has 0 radical (unpaired) electrons. The van der Waals surface area contributed by atoms with Crippen molar-refractivity contribution in [3.05, 3.63) is 48.5 Å². The first-order valence-corrected chi connectivity index (χ1v) is 9.21. The molecule has 2 amide bonds. The van der Waals surface area contributed by atoms with E-state index < -0.39 is 0 Å². The molecule has 27 heavy (non-hydrogen) atoms. The number of likely N-dealkylation sites (tertiary alicyclic amines) is 1. The van der Waals surface area contributed by atoms with Crippen LogP contribution >= 0.6 is 0 Å². The summed E-state index contributed by atoms with van der Waals surface area (Å²) in [5.41, 5.74) is 2.73. The second-order valence-electron chi connectivity index (χ2n) is 6.70. The minimum absolute atomic E-state index is 0.00305. The van der Waals surface area contributed by atoms with Crippen molar-refractivity contribution in [1.29, 1.82) is 0 Å². The third-order valence-electron chi connectivity index (χ3n) is 4.70. The molecule has 0 aliphatic carbocycles. The topological polar surface area (TPSA) is 62.8 Å². The number of urea groups is 1. The molecule has 144 valence electrons. The van der Waals surface area contributed by atoms with E-state index >= 15 is 0 Å². The van der Waals surface area contributed by atoms with Gasteiger partial charge >= 0.3 is 6.03 Å². The van der Waals surface area contributed by atoms with Gasteiger partial charge in [-0.3, -0.25) is 0 Å². The molecule has 3 rings (SSSR count). The number of carbonyl (C=O) groups is 1. The van der Waals surface area contributed by atoms with Crippen LogP contribution in [0.25, 0.3) is 11.1 Å². The number of methoxy groups -OCH3 is 1. The fraction of sp³-hybridized carbons (Fsp3) is 0.381. The van der Waals surface area contributed by atoms with Crippen molar-refractivity contribution < 1.29 is 14.3 Å². The molecule has 1 aliphatic heterocycles. The fourth-order valence-electron chi connectivity index (χ4n) is 3.43. The Bertz CT molecular complexity index is 767. The van der Waals surface area contributed by atoms with Crippen LogP contribution in [-0.4, -0.2) is 56.9 Å². The zero-order chi connectivity index (χ0) is 19.2. The molecule has 0 aromatic heterocycles. The lowest BCUT2D eigenvalue weighted by atomic mass is 10.0. The summed E-state index contributed by atoms with van der Waals surface area (Å²) in [7, 11) is 3.62. The molecule has 0 saturated carbocycles. The number of hydrogen-bond acceptors (Lipinski definition) is 4. The van der Waals surface area contributed by atoms with E-state index in [2.05, 4.69) is 15.5 Å². The summed E-state index contributed by atoms with van der Waals surface area (Å²) < 4.78 is 11.2. The van der Waals surface area contributed by atoms with Gasteiger partial charge in [-0.1, -0.05) is 36.4 Å². The highest BCUT2D eigenvalue weighted by Crippen LogP contribution is 2.30. The van der Waals surface area contributed by atoms with E-state index in [0.29, 0.717) is 18.0 Å². The number of benzene rings is 2. The Morgan fingerprint density at radius 1 is 1.15 bits per heavy atom. The van der Waals surface area contributed by atoms with E-state index in [1.165, 1.54) is 0 Å². The molecule has 0 spiro atoms. The van der Waals surface area contributed by atoms with Crippen LogP contribution in [0, 0.1) is 0 Å². The van der Waals surface area contributed by atoms with E-state index in [4.69, 9.17) is 9.47 Å². The predicted molar refractivity (Wildman–Crippen MR) is 107 cm³/mol. The number of ether oxygens (including phenoxy) is 2. The first-order valence-electron chi connectivity index (χ1n) is 9.21. The summed E-state index contributed by atoms with van der Waals surface area (Å²) >= 11 is 0. The van der Waals surface area contributed by atoms with E-state index in [1.807, 2.05) is 62.5 Å². The molecule has 6 heteroatoms. The third kappa shape index (κ3) is 4.78. The zero-order valence-electron chi connectivity index (χ0n) is 16.1. The lowest BCUT2D eigenvalue weighted by molar-refractivity contribution is 0.0568. The second kappa shape index (κ2) is 8.88. The number of likely N-dealkylation sites (N-methyl/N-ethyl adjacent to an activating group) is 1. The van der Waals surface area contributed by atoms with Crippen molar-refractivity contribution in [2.75, 3.05) is 39.2 Å². The smallest absolute Gasteiger partial charge is 0.319 e. The Kier molecular flexibility index (Phi) is 6.32. The normalized spacial score (nSPS) is 19.7. The Balaban J connectivity index is 1.73. The van der Waals surface area contributed by atoms with Crippen LogP contribution in [0.5, 0.6) is 5.75 Å². The van der Waals surface area contributed by atoms with Crippen LogP contribution in [-0.2, 0) is 4.74 Å². The Morgan fingerprint density at radius 3 is 2.63 bits per heavy atom. The van der Waals surface area contributed by atoms with Gasteiger partial charge in [-0.15, -0.1) is 0 Å². The number of carbonyl (C=O) groups excluding carboxylic acids is 1. The highest BCUT2D eigenvalue weighted by atomic mass is 16.5. The molecule has 2 N–H and O–H groups in total. The molecule has 1 heterocycles. The summed E-state index contributed by atoms with van der Waals surface area (Å²) in [6.07, 6.45) is 0.00305. The molecule has 2 aromatic rings. The van der Waals surface area contributed by atoms with E-state index in [9.17, 15) is 4.79 Å². The summed E-state index contributed by atoms with van der Waals surface area (Å²) in [5.74, 6) is 0.620. The largest absolute Gasteiger partial charge is 0.495 e. The molecular weight excluding hydrogens is 342 g/mol. The summed E-state index contributed by atoms with van der Waals surface area (Å²) in [6, 6.07) is 15.5. The van der Waals surface area contributed by atoms with Crippen LogP contribution in [0.2, 0.25) is 0 Å². The van der Waals surface area contributed by atoms with Crippen LogP contribution in [0.4, 0.5) is 10.5 Å². The SMILES string of the molecule is CCO[C@@H]1CN(C)C[C@H]1NC(=O)Nc1cc(-c2ccccc2)ccc1OC. The maximum atomic E-state index is 12.6. The van der Waals surface area contributed by atoms with E-state index in [0.717, 1.165) is 24.2 Å². The number of amides is 2. The minimum atomic E-state index is -0.261. The average Bonchev–Trinajstić information content (AvgIpc) is 3.01. The fourth-order valence-corrected chi connectivity index (χ4v) is 3.43. The van der Waals surface area contributed by atoms with E-state index in [1.54, 1.807) is 7.11 Å². The van der Waals surface area contributed by atoms with Crippen molar-refractivity contribution in [3.63, 3.8) is 0 Å². The lowest BCUT2D eigenvalue weighted by Gasteiger charge is -2.20. The predicted octanol–water partition coefficient (Wildman–Crippen LogP) is 3.20. The number of rotatable bonds is 6. The highest BCUT2D eigenvalue weighted by molar-refractivity contribution is 5.92. The first kappa shape index (κ1) is 19.2. The van der Waals surface area contributed by atoms with Crippen molar-refractivity contribution >= 4 is 11.7 Å². The molecule has 0 bridgehead atoms. The number of anilines is 1. The summed E-state index contributed by atoms with van der Waals surface area (Å²) in [4.78, 5) is 14.7. The number of nitrogens with zero attached hydrogens (tertiary/aromatic N) is 1. The van der Waals surface area contributed by atoms with Gasteiger partial charge in [0.15, 0.2) is 0 Å². The highest BCUT2D eigenvalue weighted by Gasteiger charge is 2.32. The second-order valence-corrected chi connectivity index (χ2v) is 6.70. The lowest BCUT2D eigenvalue weighted by Crippen LogP contribution is -2.45. The maximum absolute atomic E-state index is 12.6. The van der Waals surface area contributed by atoms with Gasteiger partial charge in [-0.25, -0.2) is 4.79 Å².